The van der Waals surface area contributed by atoms with Crippen LogP contribution < -0.4 is 5.32 Å². The highest BCUT2D eigenvalue weighted by Crippen LogP contribution is 2.34. The van der Waals surface area contributed by atoms with E-state index in [9.17, 15) is 18.3 Å². The molecule has 0 saturated carbocycles. The highest BCUT2D eigenvalue weighted by Gasteiger charge is 2.34. The van der Waals surface area contributed by atoms with E-state index in [0.29, 0.717) is 18.1 Å². The summed E-state index contributed by atoms with van der Waals surface area (Å²) in [5.41, 5.74) is 2.31. The number of hydrogen-bond donors (Lipinski definition) is 2. The minimum atomic E-state index is -4.46. The topological polar surface area (TPSA) is 75.9 Å². The molecule has 0 radical (unpaired) electrons. The molecule has 0 aliphatic rings. The molecular formula is C26H26F3N5O. The number of aliphatic hydroxyl groups is 1. The molecule has 0 unspecified atom stereocenters. The van der Waals surface area contributed by atoms with Gasteiger partial charge < -0.3 is 15.0 Å². The maximum atomic E-state index is 13.7. The number of pyridine rings is 1. The molecule has 0 aliphatic carbocycles. The summed E-state index contributed by atoms with van der Waals surface area (Å²) in [6, 6.07) is 9.22. The number of hydrogen-bond acceptors (Lipinski definition) is 5. The van der Waals surface area contributed by atoms with Gasteiger partial charge in [-0.1, -0.05) is 18.2 Å². The predicted octanol–water partition coefficient (Wildman–Crippen LogP) is 5.56. The van der Waals surface area contributed by atoms with Gasteiger partial charge in [0.2, 0.25) is 0 Å². The van der Waals surface area contributed by atoms with Crippen LogP contribution in [0.15, 0.2) is 67.5 Å². The Labute approximate surface area is 201 Å². The van der Waals surface area contributed by atoms with Gasteiger partial charge in [0.05, 0.1) is 5.56 Å². The number of halogens is 3. The van der Waals surface area contributed by atoms with Crippen LogP contribution in [-0.4, -0.2) is 24.6 Å². The van der Waals surface area contributed by atoms with E-state index < -0.39 is 17.3 Å². The summed E-state index contributed by atoms with van der Waals surface area (Å²) in [5.74, 6) is 0.308. The Morgan fingerprint density at radius 2 is 1.74 bits per heavy atom. The Hall–Kier alpha value is -3.72. The lowest BCUT2D eigenvalue weighted by molar-refractivity contribution is -0.138. The van der Waals surface area contributed by atoms with E-state index in [-0.39, 0.29) is 12.1 Å². The monoisotopic (exact) mass is 481 g/mol. The minimum absolute atomic E-state index is 0.00726. The van der Waals surface area contributed by atoms with Crippen molar-refractivity contribution in [1.82, 2.24) is 19.5 Å². The molecule has 3 aromatic heterocycles. The van der Waals surface area contributed by atoms with Gasteiger partial charge in [0, 0.05) is 67.1 Å². The molecule has 0 aliphatic heterocycles. The summed E-state index contributed by atoms with van der Waals surface area (Å²) in [5, 5.41) is 13.2. The second kappa shape index (κ2) is 9.50. The van der Waals surface area contributed by atoms with Crippen LogP contribution in [0, 0.1) is 6.92 Å². The number of aryl methyl sites for hydroxylation is 1. The van der Waals surface area contributed by atoms with E-state index in [1.54, 1.807) is 44.7 Å². The number of nitrogens with zero attached hydrogens (tertiary/aromatic N) is 4. The predicted molar refractivity (Wildman–Crippen MR) is 128 cm³/mol. The molecule has 6 nitrogen and oxygen atoms in total. The molecule has 2 N–H and O–H groups in total. The summed E-state index contributed by atoms with van der Waals surface area (Å²) >= 11 is 0. The van der Waals surface area contributed by atoms with Crippen LogP contribution >= 0.6 is 0 Å². The zero-order valence-corrected chi connectivity index (χ0v) is 19.6. The van der Waals surface area contributed by atoms with E-state index in [2.05, 4.69) is 20.3 Å². The second-order valence-electron chi connectivity index (χ2n) is 8.97. The molecule has 4 rings (SSSR count). The molecule has 0 saturated heterocycles. The number of benzene rings is 1. The van der Waals surface area contributed by atoms with Gasteiger partial charge in [-0.25, -0.2) is 9.97 Å². The maximum absolute atomic E-state index is 13.7. The van der Waals surface area contributed by atoms with Gasteiger partial charge in [0.15, 0.2) is 5.82 Å². The van der Waals surface area contributed by atoms with Crippen LogP contribution in [0.4, 0.5) is 18.9 Å². The Morgan fingerprint density at radius 1 is 1.00 bits per heavy atom. The molecule has 4 aromatic rings. The molecule has 1 aromatic carbocycles. The van der Waals surface area contributed by atoms with Crippen molar-refractivity contribution in [3.63, 3.8) is 0 Å². The summed E-state index contributed by atoms with van der Waals surface area (Å²) in [6.07, 6.45) is 4.69. The van der Waals surface area contributed by atoms with Gasteiger partial charge in [-0.3, -0.25) is 4.98 Å². The Morgan fingerprint density at radius 3 is 2.37 bits per heavy atom. The number of anilines is 1. The number of aromatic nitrogens is 4. The average Bonchev–Trinajstić information content (AvgIpc) is 3.22. The standard InChI is InChI=1S/C26H26F3N5O/c1-17-6-7-19(20-11-32-24(33-12-20)25(2,3)35)9-23(17)31-13-21-15-34(16-22(21)26(27,28)29)14-18-5-4-8-30-10-18/h4-12,15-16,31,35H,13-14H2,1-3H3. The van der Waals surface area contributed by atoms with Crippen LogP contribution in [0.25, 0.3) is 11.1 Å². The molecule has 0 atom stereocenters. The van der Waals surface area contributed by atoms with Gasteiger partial charge in [0.1, 0.15) is 5.60 Å². The quantitative estimate of drug-likeness (QED) is 0.362. The number of alkyl halides is 3. The van der Waals surface area contributed by atoms with Crippen LogP contribution in [-0.2, 0) is 24.9 Å². The van der Waals surface area contributed by atoms with E-state index in [4.69, 9.17) is 0 Å². The van der Waals surface area contributed by atoms with Gasteiger partial charge in [-0.05, 0) is 49.6 Å². The first-order chi connectivity index (χ1) is 16.5. The Kier molecular flexibility index (Phi) is 6.62. The van der Waals surface area contributed by atoms with Gasteiger partial charge in [0.25, 0.3) is 0 Å². The molecule has 9 heteroatoms. The molecule has 0 fully saturated rings. The van der Waals surface area contributed by atoms with Gasteiger partial charge in [-0.15, -0.1) is 0 Å². The first kappa shape index (κ1) is 24.4. The molecule has 35 heavy (non-hydrogen) atoms. The van der Waals surface area contributed by atoms with E-state index in [0.717, 1.165) is 28.5 Å². The Bertz CT molecular complexity index is 1290. The van der Waals surface area contributed by atoms with E-state index >= 15 is 0 Å². The SMILES string of the molecule is Cc1ccc(-c2cnc(C(C)(C)O)nc2)cc1NCc1cn(Cc2cccnc2)cc1C(F)(F)F. The lowest BCUT2D eigenvalue weighted by Gasteiger charge is -2.16. The van der Waals surface area contributed by atoms with Crippen molar-refractivity contribution in [1.29, 1.82) is 0 Å². The van der Waals surface area contributed by atoms with Gasteiger partial charge in [-0.2, -0.15) is 13.2 Å². The van der Waals surface area contributed by atoms with Crippen molar-refractivity contribution in [3.8, 4) is 11.1 Å². The van der Waals surface area contributed by atoms with E-state index in [1.165, 1.54) is 10.8 Å². The lowest BCUT2D eigenvalue weighted by Crippen LogP contribution is -2.19. The third-order valence-electron chi connectivity index (χ3n) is 5.60. The van der Waals surface area contributed by atoms with Crippen molar-refractivity contribution in [2.45, 2.75) is 45.6 Å². The summed E-state index contributed by atoms with van der Waals surface area (Å²) in [4.78, 5) is 12.5. The van der Waals surface area contributed by atoms with Crippen LogP contribution in [0.2, 0.25) is 0 Å². The zero-order valence-electron chi connectivity index (χ0n) is 19.6. The molecule has 182 valence electrons. The van der Waals surface area contributed by atoms with Crippen molar-refractivity contribution in [2.75, 3.05) is 5.32 Å². The summed E-state index contributed by atoms with van der Waals surface area (Å²) in [7, 11) is 0. The van der Waals surface area contributed by atoms with Crippen molar-refractivity contribution >= 4 is 5.69 Å². The molecular weight excluding hydrogens is 455 g/mol. The van der Waals surface area contributed by atoms with Gasteiger partial charge >= 0.3 is 6.18 Å². The largest absolute Gasteiger partial charge is 0.418 e. The highest BCUT2D eigenvalue weighted by molar-refractivity contribution is 5.69. The average molecular weight is 482 g/mol. The van der Waals surface area contributed by atoms with E-state index in [1.807, 2.05) is 31.2 Å². The number of nitrogens with one attached hydrogen (secondary N) is 1. The molecule has 0 bridgehead atoms. The zero-order chi connectivity index (χ0) is 25.2. The smallest absolute Gasteiger partial charge is 0.382 e. The fourth-order valence-corrected chi connectivity index (χ4v) is 3.72. The highest BCUT2D eigenvalue weighted by atomic mass is 19.4. The number of rotatable bonds is 7. The lowest BCUT2D eigenvalue weighted by atomic mass is 10.0. The Balaban J connectivity index is 1.56. The molecule has 3 heterocycles. The van der Waals surface area contributed by atoms with Crippen LogP contribution in [0.3, 0.4) is 0 Å². The fraction of sp³-hybridized carbons (Fsp3) is 0.269. The molecule has 0 spiro atoms. The first-order valence-electron chi connectivity index (χ1n) is 11.1. The maximum Gasteiger partial charge on any atom is 0.418 e. The van der Waals surface area contributed by atoms with Crippen molar-refractivity contribution in [3.05, 3.63) is 95.6 Å². The fourth-order valence-electron chi connectivity index (χ4n) is 3.72. The van der Waals surface area contributed by atoms with Crippen LogP contribution in [0.1, 0.15) is 41.9 Å². The van der Waals surface area contributed by atoms with Crippen molar-refractivity contribution in [2.24, 2.45) is 0 Å². The van der Waals surface area contributed by atoms with Crippen LogP contribution in [0.5, 0.6) is 0 Å². The third-order valence-corrected chi connectivity index (χ3v) is 5.60. The summed E-state index contributed by atoms with van der Waals surface area (Å²) in [6.45, 7) is 5.40. The summed E-state index contributed by atoms with van der Waals surface area (Å²) < 4.78 is 42.7. The van der Waals surface area contributed by atoms with Crippen molar-refractivity contribution < 1.29 is 18.3 Å². The minimum Gasteiger partial charge on any atom is -0.382 e. The third kappa shape index (κ3) is 5.86. The normalized spacial score (nSPS) is 12.1. The first-order valence-corrected chi connectivity index (χ1v) is 11.1. The second-order valence-corrected chi connectivity index (χ2v) is 8.97. The molecule has 0 amide bonds.